The Labute approximate surface area is 125 Å². The molecule has 108 valence electrons. The van der Waals surface area contributed by atoms with Crippen LogP contribution in [0.2, 0.25) is 0 Å². The van der Waals surface area contributed by atoms with Gasteiger partial charge in [-0.3, -0.25) is 4.68 Å². The molecule has 0 unspecified atom stereocenters. The molecule has 0 saturated carbocycles. The van der Waals surface area contributed by atoms with Gasteiger partial charge in [0.05, 0.1) is 12.1 Å². The van der Waals surface area contributed by atoms with E-state index in [0.717, 1.165) is 21.8 Å². The Balaban J connectivity index is 2.32. The van der Waals surface area contributed by atoms with E-state index in [1.54, 1.807) is 24.9 Å². The highest BCUT2D eigenvalue weighted by Gasteiger charge is 2.19. The lowest BCUT2D eigenvalue weighted by Gasteiger charge is -2.02. The second kappa shape index (κ2) is 5.33. The molecule has 2 aromatic heterocycles. The Morgan fingerprint density at radius 3 is 2.95 bits per heavy atom. The van der Waals surface area contributed by atoms with Crippen LogP contribution in [0.25, 0.3) is 21.8 Å². The number of benzene rings is 1. The molecule has 2 heterocycles. The summed E-state index contributed by atoms with van der Waals surface area (Å²) in [6.07, 6.45) is 3.71. The highest BCUT2D eigenvalue weighted by Crippen LogP contribution is 2.27. The topological polar surface area (TPSA) is 69.9 Å². The van der Waals surface area contributed by atoms with Crippen LogP contribution in [-0.2, 0) is 11.8 Å². The monoisotopic (exact) mass is 302 g/mol. The molecule has 0 N–H and O–H groups in total. The minimum absolute atomic E-state index is 0.320. The Hall–Kier alpha value is -2.15. The molecule has 3 aromatic rings. The number of aryl methyl sites for hydroxylation is 1. The van der Waals surface area contributed by atoms with Gasteiger partial charge in [0.15, 0.2) is 10.9 Å². The summed E-state index contributed by atoms with van der Waals surface area (Å²) in [7, 11) is 1.80. The summed E-state index contributed by atoms with van der Waals surface area (Å²) in [4.78, 5) is 20.8. The molecule has 3 rings (SSSR count). The van der Waals surface area contributed by atoms with Gasteiger partial charge < -0.3 is 4.74 Å². The number of carbonyl (C=O) groups is 1. The van der Waals surface area contributed by atoms with Crippen molar-refractivity contribution in [2.24, 2.45) is 7.05 Å². The number of thioether (sulfide) groups is 1. The van der Waals surface area contributed by atoms with Crippen LogP contribution in [0.15, 0.2) is 23.5 Å². The third kappa shape index (κ3) is 2.23. The molecular weight excluding hydrogens is 288 g/mol. The summed E-state index contributed by atoms with van der Waals surface area (Å²) >= 11 is 1.48. The van der Waals surface area contributed by atoms with Crippen molar-refractivity contribution in [2.75, 3.05) is 12.9 Å². The largest absolute Gasteiger partial charge is 0.461 e. The Bertz CT molecular complexity index is 844. The average Bonchev–Trinajstić information content (AvgIpc) is 2.84. The summed E-state index contributed by atoms with van der Waals surface area (Å²) in [5.74, 6) is -0.415. The van der Waals surface area contributed by atoms with Crippen molar-refractivity contribution < 1.29 is 9.53 Å². The van der Waals surface area contributed by atoms with Gasteiger partial charge in [-0.05, 0) is 19.2 Å². The molecule has 0 aliphatic heterocycles. The van der Waals surface area contributed by atoms with Crippen LogP contribution in [0.5, 0.6) is 0 Å². The standard InChI is InChI=1S/C14H14N4O2S/c1-4-20-13(19)11-9-6-5-8-7-15-14(21-3)16-10(8)12(9)18(2)17-11/h5-7H,4H2,1-3H3. The van der Waals surface area contributed by atoms with E-state index in [2.05, 4.69) is 15.1 Å². The third-order valence-electron chi connectivity index (χ3n) is 3.18. The molecule has 1 aromatic carbocycles. The van der Waals surface area contributed by atoms with E-state index in [1.165, 1.54) is 11.8 Å². The van der Waals surface area contributed by atoms with Crippen LogP contribution < -0.4 is 0 Å². The first-order valence-corrected chi connectivity index (χ1v) is 7.71. The summed E-state index contributed by atoms with van der Waals surface area (Å²) in [6, 6.07) is 3.76. The molecule has 0 bridgehead atoms. The SMILES string of the molecule is CCOC(=O)c1nn(C)c2c1ccc1cnc(SC)nc12. The van der Waals surface area contributed by atoms with Gasteiger partial charge >= 0.3 is 5.97 Å². The number of fused-ring (bicyclic) bond motifs is 3. The molecule has 0 aliphatic rings. The van der Waals surface area contributed by atoms with Gasteiger partial charge in [-0.1, -0.05) is 17.8 Å². The van der Waals surface area contributed by atoms with Gasteiger partial charge in [-0.15, -0.1) is 0 Å². The molecule has 0 radical (unpaired) electrons. The first-order chi connectivity index (χ1) is 10.2. The van der Waals surface area contributed by atoms with E-state index in [1.807, 2.05) is 18.4 Å². The van der Waals surface area contributed by atoms with Gasteiger partial charge in [-0.25, -0.2) is 14.8 Å². The van der Waals surface area contributed by atoms with Crippen LogP contribution in [0, 0.1) is 0 Å². The minimum Gasteiger partial charge on any atom is -0.461 e. The molecule has 21 heavy (non-hydrogen) atoms. The molecule has 0 atom stereocenters. The zero-order valence-electron chi connectivity index (χ0n) is 12.0. The number of rotatable bonds is 3. The smallest absolute Gasteiger partial charge is 0.359 e. The number of ether oxygens (including phenoxy) is 1. The predicted octanol–water partition coefficient (Wildman–Crippen LogP) is 2.42. The fourth-order valence-electron chi connectivity index (χ4n) is 2.29. The van der Waals surface area contributed by atoms with Crippen LogP contribution in [0.1, 0.15) is 17.4 Å². The highest BCUT2D eigenvalue weighted by atomic mass is 32.2. The van der Waals surface area contributed by atoms with Crippen LogP contribution >= 0.6 is 11.8 Å². The maximum atomic E-state index is 12.0. The Kier molecular flexibility index (Phi) is 3.50. The zero-order valence-corrected chi connectivity index (χ0v) is 12.8. The van der Waals surface area contributed by atoms with Crippen molar-refractivity contribution in [3.63, 3.8) is 0 Å². The second-order valence-electron chi connectivity index (χ2n) is 4.45. The summed E-state index contributed by atoms with van der Waals surface area (Å²) in [5.41, 5.74) is 1.92. The van der Waals surface area contributed by atoms with E-state index in [0.29, 0.717) is 17.5 Å². The molecule has 0 fully saturated rings. The number of esters is 1. The Morgan fingerprint density at radius 2 is 2.24 bits per heavy atom. The van der Waals surface area contributed by atoms with Gasteiger partial charge in [0.25, 0.3) is 0 Å². The van der Waals surface area contributed by atoms with E-state index >= 15 is 0 Å². The second-order valence-corrected chi connectivity index (χ2v) is 5.22. The van der Waals surface area contributed by atoms with Gasteiger partial charge in [0.2, 0.25) is 0 Å². The predicted molar refractivity (Wildman–Crippen MR) is 81.5 cm³/mol. The normalized spacial score (nSPS) is 11.2. The fraction of sp³-hybridized carbons (Fsp3) is 0.286. The number of carbonyl (C=O) groups excluding carboxylic acids is 1. The number of nitrogens with zero attached hydrogens (tertiary/aromatic N) is 4. The molecule has 0 amide bonds. The van der Waals surface area contributed by atoms with Crippen molar-refractivity contribution in [1.82, 2.24) is 19.7 Å². The van der Waals surface area contributed by atoms with E-state index < -0.39 is 5.97 Å². The number of hydrogen-bond donors (Lipinski definition) is 0. The van der Waals surface area contributed by atoms with Crippen molar-refractivity contribution in [1.29, 1.82) is 0 Å². The number of hydrogen-bond acceptors (Lipinski definition) is 6. The third-order valence-corrected chi connectivity index (χ3v) is 3.75. The molecule has 0 aliphatic carbocycles. The molecular formula is C14H14N4O2S. The number of aromatic nitrogens is 4. The minimum atomic E-state index is -0.415. The molecule has 7 heteroatoms. The summed E-state index contributed by atoms with van der Waals surface area (Å²) in [6.45, 7) is 2.10. The quantitative estimate of drug-likeness (QED) is 0.420. The van der Waals surface area contributed by atoms with E-state index in [-0.39, 0.29) is 0 Å². The van der Waals surface area contributed by atoms with Crippen LogP contribution in [-0.4, -0.2) is 38.6 Å². The first kappa shape index (κ1) is 13.8. The first-order valence-electron chi connectivity index (χ1n) is 6.49. The van der Waals surface area contributed by atoms with Gasteiger partial charge in [0.1, 0.15) is 5.52 Å². The highest BCUT2D eigenvalue weighted by molar-refractivity contribution is 7.98. The fourth-order valence-corrected chi connectivity index (χ4v) is 2.63. The van der Waals surface area contributed by atoms with Crippen molar-refractivity contribution in [2.45, 2.75) is 12.1 Å². The van der Waals surface area contributed by atoms with Gasteiger partial charge in [-0.2, -0.15) is 5.10 Å². The van der Waals surface area contributed by atoms with Gasteiger partial charge in [0, 0.05) is 24.0 Å². The molecule has 0 spiro atoms. The van der Waals surface area contributed by atoms with Crippen LogP contribution in [0.3, 0.4) is 0 Å². The van der Waals surface area contributed by atoms with Crippen molar-refractivity contribution in [3.8, 4) is 0 Å². The lowest BCUT2D eigenvalue weighted by molar-refractivity contribution is 0.0521. The maximum Gasteiger partial charge on any atom is 0.359 e. The maximum absolute atomic E-state index is 12.0. The lowest BCUT2D eigenvalue weighted by atomic mass is 10.1. The Morgan fingerprint density at radius 1 is 1.43 bits per heavy atom. The summed E-state index contributed by atoms with van der Waals surface area (Å²) < 4.78 is 6.72. The van der Waals surface area contributed by atoms with E-state index in [4.69, 9.17) is 4.74 Å². The average molecular weight is 302 g/mol. The lowest BCUT2D eigenvalue weighted by Crippen LogP contribution is -2.06. The summed E-state index contributed by atoms with van der Waals surface area (Å²) in [5, 5.41) is 6.64. The molecule has 0 saturated heterocycles. The van der Waals surface area contributed by atoms with Crippen molar-refractivity contribution in [3.05, 3.63) is 24.0 Å². The van der Waals surface area contributed by atoms with Crippen molar-refractivity contribution >= 4 is 39.5 Å². The van der Waals surface area contributed by atoms with E-state index in [9.17, 15) is 4.79 Å². The molecule has 6 nitrogen and oxygen atoms in total. The zero-order chi connectivity index (χ0) is 15.0. The van der Waals surface area contributed by atoms with Crippen LogP contribution in [0.4, 0.5) is 0 Å².